The van der Waals surface area contributed by atoms with Crippen LogP contribution in [-0.2, 0) is 6.54 Å². The second kappa shape index (κ2) is 6.41. The maximum absolute atomic E-state index is 3.82. The van der Waals surface area contributed by atoms with Crippen LogP contribution >= 0.6 is 0 Å². The lowest BCUT2D eigenvalue weighted by Crippen LogP contribution is -2.24. The lowest BCUT2D eigenvalue weighted by atomic mass is 9.96. The van der Waals surface area contributed by atoms with Crippen molar-refractivity contribution in [2.24, 2.45) is 11.8 Å². The van der Waals surface area contributed by atoms with Crippen LogP contribution in [0.15, 0.2) is 43.0 Å². The van der Waals surface area contributed by atoms with E-state index in [4.69, 9.17) is 0 Å². The second-order valence-electron chi connectivity index (χ2n) is 4.19. The zero-order valence-electron chi connectivity index (χ0n) is 9.74. The average Bonchev–Trinajstić information content (AvgIpc) is 2.29. The lowest BCUT2D eigenvalue weighted by Gasteiger charge is -2.16. The minimum atomic E-state index is 0.577. The average molecular weight is 203 g/mol. The molecule has 0 aromatic heterocycles. The first-order valence-corrected chi connectivity index (χ1v) is 5.61. The highest BCUT2D eigenvalue weighted by Crippen LogP contribution is 2.10. The molecule has 0 aliphatic rings. The Labute approximate surface area is 93.2 Å². The topological polar surface area (TPSA) is 12.0 Å². The van der Waals surface area contributed by atoms with Gasteiger partial charge in [0.1, 0.15) is 0 Å². The standard InChI is InChI=1S/C14H21N/c1-4-12(2)13(3)10-15-11-14-8-6-5-7-9-14/h4-9,12-13,15H,1,10-11H2,2-3H3/t12-,13-/m0/s1. The number of hydrogen-bond donors (Lipinski definition) is 1. The van der Waals surface area contributed by atoms with Crippen LogP contribution in [0.3, 0.4) is 0 Å². The first kappa shape index (κ1) is 12.0. The first-order valence-electron chi connectivity index (χ1n) is 5.61. The van der Waals surface area contributed by atoms with Crippen molar-refractivity contribution in [2.75, 3.05) is 6.54 Å². The van der Waals surface area contributed by atoms with Gasteiger partial charge in [-0.05, 0) is 23.9 Å². The molecule has 1 nitrogen and oxygen atoms in total. The highest BCUT2D eigenvalue weighted by molar-refractivity contribution is 5.14. The zero-order chi connectivity index (χ0) is 11.1. The molecule has 0 spiro atoms. The summed E-state index contributed by atoms with van der Waals surface area (Å²) in [5, 5.41) is 3.47. The molecule has 0 unspecified atom stereocenters. The van der Waals surface area contributed by atoms with Crippen LogP contribution in [-0.4, -0.2) is 6.54 Å². The summed E-state index contributed by atoms with van der Waals surface area (Å²) in [6.45, 7) is 10.3. The van der Waals surface area contributed by atoms with Crippen molar-refractivity contribution in [1.82, 2.24) is 5.32 Å². The van der Waals surface area contributed by atoms with Crippen LogP contribution < -0.4 is 5.32 Å². The minimum Gasteiger partial charge on any atom is -0.312 e. The monoisotopic (exact) mass is 203 g/mol. The van der Waals surface area contributed by atoms with Gasteiger partial charge in [-0.25, -0.2) is 0 Å². The quantitative estimate of drug-likeness (QED) is 0.700. The highest BCUT2D eigenvalue weighted by Gasteiger charge is 2.07. The molecule has 0 heterocycles. The van der Waals surface area contributed by atoms with E-state index in [1.54, 1.807) is 0 Å². The number of nitrogens with one attached hydrogen (secondary N) is 1. The molecule has 1 rings (SSSR count). The third-order valence-electron chi connectivity index (χ3n) is 2.91. The zero-order valence-corrected chi connectivity index (χ0v) is 9.74. The SMILES string of the molecule is C=C[C@H](C)[C@@H](C)CNCc1ccccc1. The van der Waals surface area contributed by atoms with Crippen molar-refractivity contribution >= 4 is 0 Å². The molecule has 0 saturated carbocycles. The second-order valence-corrected chi connectivity index (χ2v) is 4.19. The number of benzene rings is 1. The first-order chi connectivity index (χ1) is 7.24. The normalized spacial score (nSPS) is 14.5. The van der Waals surface area contributed by atoms with Crippen LogP contribution in [0.5, 0.6) is 0 Å². The number of allylic oxidation sites excluding steroid dienone is 1. The van der Waals surface area contributed by atoms with E-state index >= 15 is 0 Å². The van der Waals surface area contributed by atoms with Gasteiger partial charge >= 0.3 is 0 Å². The molecule has 0 aliphatic carbocycles. The van der Waals surface area contributed by atoms with Crippen LogP contribution in [0.4, 0.5) is 0 Å². The summed E-state index contributed by atoms with van der Waals surface area (Å²) in [7, 11) is 0. The van der Waals surface area contributed by atoms with Gasteiger partial charge in [-0.1, -0.05) is 50.3 Å². The molecule has 0 radical (unpaired) electrons. The fourth-order valence-corrected chi connectivity index (χ4v) is 1.46. The van der Waals surface area contributed by atoms with Crippen molar-refractivity contribution in [3.63, 3.8) is 0 Å². The van der Waals surface area contributed by atoms with E-state index in [0.717, 1.165) is 13.1 Å². The predicted octanol–water partition coefficient (Wildman–Crippen LogP) is 3.23. The number of hydrogen-bond acceptors (Lipinski definition) is 1. The van der Waals surface area contributed by atoms with E-state index in [1.165, 1.54) is 5.56 Å². The van der Waals surface area contributed by atoms with Crippen LogP contribution in [0.1, 0.15) is 19.4 Å². The Morgan fingerprint density at radius 2 is 1.93 bits per heavy atom. The lowest BCUT2D eigenvalue weighted by molar-refractivity contribution is 0.425. The van der Waals surface area contributed by atoms with Gasteiger partial charge in [0.05, 0.1) is 0 Å². The summed E-state index contributed by atoms with van der Waals surface area (Å²) in [6, 6.07) is 10.5. The molecule has 2 atom stereocenters. The maximum atomic E-state index is 3.82. The Kier molecular flexibility index (Phi) is 5.13. The van der Waals surface area contributed by atoms with Crippen molar-refractivity contribution < 1.29 is 0 Å². The largest absolute Gasteiger partial charge is 0.312 e. The molecular weight excluding hydrogens is 182 g/mol. The molecule has 0 amide bonds. The highest BCUT2D eigenvalue weighted by atomic mass is 14.9. The molecule has 0 fully saturated rings. The summed E-state index contributed by atoms with van der Waals surface area (Å²) in [5.74, 6) is 1.22. The molecule has 0 bridgehead atoms. The van der Waals surface area contributed by atoms with Crippen molar-refractivity contribution in [1.29, 1.82) is 0 Å². The summed E-state index contributed by atoms with van der Waals surface area (Å²) >= 11 is 0. The Balaban J connectivity index is 2.25. The van der Waals surface area contributed by atoms with Gasteiger partial charge in [0.25, 0.3) is 0 Å². The fourth-order valence-electron chi connectivity index (χ4n) is 1.46. The fraction of sp³-hybridized carbons (Fsp3) is 0.429. The molecular formula is C14H21N. The van der Waals surface area contributed by atoms with Crippen molar-refractivity contribution in [3.8, 4) is 0 Å². The molecule has 1 aromatic rings. The Hall–Kier alpha value is -1.08. The van der Waals surface area contributed by atoms with Gasteiger partial charge in [0, 0.05) is 6.54 Å². The third-order valence-corrected chi connectivity index (χ3v) is 2.91. The molecule has 1 aromatic carbocycles. The smallest absolute Gasteiger partial charge is 0.0205 e. The third kappa shape index (κ3) is 4.30. The van der Waals surface area contributed by atoms with E-state index in [2.05, 4.69) is 50.0 Å². The van der Waals surface area contributed by atoms with Crippen LogP contribution in [0.25, 0.3) is 0 Å². The van der Waals surface area contributed by atoms with Gasteiger partial charge in [0.15, 0.2) is 0 Å². The molecule has 15 heavy (non-hydrogen) atoms. The van der Waals surface area contributed by atoms with Gasteiger partial charge in [0.2, 0.25) is 0 Å². The molecule has 1 heteroatoms. The Bertz CT molecular complexity index is 279. The van der Waals surface area contributed by atoms with E-state index in [-0.39, 0.29) is 0 Å². The van der Waals surface area contributed by atoms with Crippen LogP contribution in [0, 0.1) is 11.8 Å². The van der Waals surface area contributed by atoms with Crippen LogP contribution in [0.2, 0.25) is 0 Å². The van der Waals surface area contributed by atoms with E-state index in [0.29, 0.717) is 11.8 Å². The Morgan fingerprint density at radius 1 is 1.27 bits per heavy atom. The van der Waals surface area contributed by atoms with E-state index in [9.17, 15) is 0 Å². The van der Waals surface area contributed by atoms with E-state index in [1.807, 2.05) is 12.1 Å². The number of rotatable bonds is 6. The van der Waals surface area contributed by atoms with Gasteiger partial charge in [-0.3, -0.25) is 0 Å². The molecule has 1 N–H and O–H groups in total. The van der Waals surface area contributed by atoms with E-state index < -0.39 is 0 Å². The summed E-state index contributed by atoms with van der Waals surface area (Å²) in [4.78, 5) is 0. The predicted molar refractivity (Wildman–Crippen MR) is 66.7 cm³/mol. The van der Waals surface area contributed by atoms with Crippen molar-refractivity contribution in [2.45, 2.75) is 20.4 Å². The van der Waals surface area contributed by atoms with Gasteiger partial charge < -0.3 is 5.32 Å². The Morgan fingerprint density at radius 3 is 2.53 bits per heavy atom. The minimum absolute atomic E-state index is 0.577. The summed E-state index contributed by atoms with van der Waals surface area (Å²) < 4.78 is 0. The van der Waals surface area contributed by atoms with Crippen molar-refractivity contribution in [3.05, 3.63) is 48.6 Å². The molecule has 0 saturated heterocycles. The maximum Gasteiger partial charge on any atom is 0.0205 e. The van der Waals surface area contributed by atoms with Gasteiger partial charge in [-0.15, -0.1) is 6.58 Å². The molecule has 82 valence electrons. The van der Waals surface area contributed by atoms with Gasteiger partial charge in [-0.2, -0.15) is 0 Å². The summed E-state index contributed by atoms with van der Waals surface area (Å²) in [6.07, 6.45) is 2.02. The summed E-state index contributed by atoms with van der Waals surface area (Å²) in [5.41, 5.74) is 1.34. The molecule has 0 aliphatic heterocycles.